The van der Waals surface area contributed by atoms with Crippen molar-refractivity contribution in [2.45, 2.75) is 13.0 Å². The second-order valence-corrected chi connectivity index (χ2v) is 7.69. The van der Waals surface area contributed by atoms with E-state index in [4.69, 9.17) is 0 Å². The molecule has 1 saturated heterocycles. The first-order valence-electron chi connectivity index (χ1n) is 10.0. The lowest BCUT2D eigenvalue weighted by molar-refractivity contribution is -0.133. The van der Waals surface area contributed by atoms with E-state index in [1.165, 1.54) is 11.1 Å². The maximum atomic E-state index is 13.0. The first-order chi connectivity index (χ1) is 14.2. The lowest BCUT2D eigenvalue weighted by atomic mass is 9.95. The van der Waals surface area contributed by atoms with Crippen LogP contribution in [0.3, 0.4) is 0 Å². The van der Waals surface area contributed by atoms with Gasteiger partial charge in [-0.05, 0) is 52.9 Å². The fraction of sp³-hybridized carbons (Fsp3) is 0.292. The van der Waals surface area contributed by atoms with Crippen molar-refractivity contribution in [3.05, 3.63) is 84.4 Å². The highest BCUT2D eigenvalue weighted by Gasteiger charge is 2.28. The van der Waals surface area contributed by atoms with E-state index in [0.717, 1.165) is 43.7 Å². The summed E-state index contributed by atoms with van der Waals surface area (Å²) in [5, 5.41) is 0. The molecule has 1 fully saturated rings. The van der Waals surface area contributed by atoms with Crippen LogP contribution in [0.2, 0.25) is 0 Å². The number of pyridine rings is 2. The summed E-state index contributed by atoms with van der Waals surface area (Å²) < 4.78 is 0. The molecule has 3 aromatic rings. The molecule has 1 aromatic carbocycles. The number of likely N-dealkylation sites (N-methyl/N-ethyl adjacent to an activating group) is 1. The SMILES string of the molecule is CN1CCN(Cc2ccncc2)CC(Cc2cccc(-c3ccncc3)c2)C1=O. The van der Waals surface area contributed by atoms with Crippen molar-refractivity contribution in [3.8, 4) is 11.1 Å². The van der Waals surface area contributed by atoms with Gasteiger partial charge in [0.15, 0.2) is 0 Å². The molecule has 1 aliphatic rings. The van der Waals surface area contributed by atoms with Crippen LogP contribution in [-0.2, 0) is 17.8 Å². The van der Waals surface area contributed by atoms with Crippen LogP contribution in [0.25, 0.3) is 11.1 Å². The first kappa shape index (κ1) is 19.3. The maximum absolute atomic E-state index is 13.0. The number of benzene rings is 1. The smallest absolute Gasteiger partial charge is 0.227 e. The molecule has 0 N–H and O–H groups in total. The number of hydrogen-bond donors (Lipinski definition) is 0. The van der Waals surface area contributed by atoms with Crippen molar-refractivity contribution in [3.63, 3.8) is 0 Å². The predicted molar refractivity (Wildman–Crippen MR) is 114 cm³/mol. The average molecular weight is 386 g/mol. The Morgan fingerprint density at radius 2 is 1.62 bits per heavy atom. The van der Waals surface area contributed by atoms with E-state index in [1.807, 2.05) is 61.0 Å². The van der Waals surface area contributed by atoms with Gasteiger partial charge >= 0.3 is 0 Å². The highest BCUT2D eigenvalue weighted by molar-refractivity contribution is 5.79. The van der Waals surface area contributed by atoms with E-state index in [9.17, 15) is 4.79 Å². The second-order valence-electron chi connectivity index (χ2n) is 7.69. The van der Waals surface area contributed by atoms with Crippen LogP contribution < -0.4 is 0 Å². The summed E-state index contributed by atoms with van der Waals surface area (Å²) >= 11 is 0. The molecule has 1 unspecified atom stereocenters. The molecule has 5 nitrogen and oxygen atoms in total. The third kappa shape index (κ3) is 4.87. The van der Waals surface area contributed by atoms with E-state index >= 15 is 0 Å². The van der Waals surface area contributed by atoms with Crippen molar-refractivity contribution < 1.29 is 4.79 Å². The third-order valence-electron chi connectivity index (χ3n) is 5.53. The van der Waals surface area contributed by atoms with Crippen LogP contribution >= 0.6 is 0 Å². The van der Waals surface area contributed by atoms with Gasteiger partial charge < -0.3 is 4.90 Å². The Balaban J connectivity index is 1.52. The van der Waals surface area contributed by atoms with Gasteiger partial charge in [-0.25, -0.2) is 0 Å². The summed E-state index contributed by atoms with van der Waals surface area (Å²) in [5.41, 5.74) is 4.73. The summed E-state index contributed by atoms with van der Waals surface area (Å²) in [7, 11) is 1.92. The van der Waals surface area contributed by atoms with Gasteiger partial charge in [0.25, 0.3) is 0 Å². The second kappa shape index (κ2) is 8.97. The Morgan fingerprint density at radius 1 is 0.897 bits per heavy atom. The zero-order valence-corrected chi connectivity index (χ0v) is 16.7. The van der Waals surface area contributed by atoms with Gasteiger partial charge in [-0.2, -0.15) is 0 Å². The highest BCUT2D eigenvalue weighted by Crippen LogP contribution is 2.23. The molecule has 29 heavy (non-hydrogen) atoms. The number of hydrogen-bond acceptors (Lipinski definition) is 4. The zero-order chi connectivity index (χ0) is 20.1. The van der Waals surface area contributed by atoms with Crippen molar-refractivity contribution >= 4 is 5.91 Å². The predicted octanol–water partition coefficient (Wildman–Crippen LogP) is 3.28. The Bertz CT molecular complexity index is 945. The molecule has 0 aliphatic carbocycles. The molecule has 148 valence electrons. The van der Waals surface area contributed by atoms with Crippen LogP contribution in [-0.4, -0.2) is 52.4 Å². The van der Waals surface area contributed by atoms with Gasteiger partial charge in [0.05, 0.1) is 5.92 Å². The van der Waals surface area contributed by atoms with E-state index in [-0.39, 0.29) is 11.8 Å². The summed E-state index contributed by atoms with van der Waals surface area (Å²) in [6, 6.07) is 16.6. The number of carbonyl (C=O) groups excluding carboxylic acids is 1. The summed E-state index contributed by atoms with van der Waals surface area (Å²) in [6.07, 6.45) is 8.01. The molecule has 0 bridgehead atoms. The molecule has 2 aromatic heterocycles. The van der Waals surface area contributed by atoms with Crippen molar-refractivity contribution in [1.82, 2.24) is 19.8 Å². The van der Waals surface area contributed by atoms with E-state index in [0.29, 0.717) is 0 Å². The fourth-order valence-electron chi connectivity index (χ4n) is 3.94. The monoisotopic (exact) mass is 386 g/mol. The van der Waals surface area contributed by atoms with Crippen LogP contribution in [0, 0.1) is 5.92 Å². The molecular formula is C24H26N4O. The van der Waals surface area contributed by atoms with Crippen LogP contribution in [0.4, 0.5) is 0 Å². The Morgan fingerprint density at radius 3 is 2.38 bits per heavy atom. The summed E-state index contributed by atoms with van der Waals surface area (Å²) in [4.78, 5) is 25.4. The number of carbonyl (C=O) groups is 1. The standard InChI is InChI=1S/C24H26N4O/c1-27-13-14-28(17-19-5-9-25-10-6-19)18-23(24(27)29)16-20-3-2-4-22(15-20)21-7-11-26-12-8-21/h2-12,15,23H,13-14,16-18H2,1H3. The number of nitrogens with zero attached hydrogens (tertiary/aromatic N) is 4. The Labute approximate surface area is 172 Å². The van der Waals surface area contributed by atoms with Crippen molar-refractivity contribution in [2.75, 3.05) is 26.7 Å². The first-order valence-corrected chi connectivity index (χ1v) is 10.0. The van der Waals surface area contributed by atoms with Gasteiger partial charge in [-0.15, -0.1) is 0 Å². The molecule has 0 spiro atoms. The number of amides is 1. The van der Waals surface area contributed by atoms with Gasteiger partial charge in [0.1, 0.15) is 0 Å². The van der Waals surface area contributed by atoms with Crippen LogP contribution in [0.5, 0.6) is 0 Å². The quantitative estimate of drug-likeness (QED) is 0.675. The molecule has 0 radical (unpaired) electrons. The fourth-order valence-corrected chi connectivity index (χ4v) is 3.94. The molecule has 5 heteroatoms. The normalized spacial score (nSPS) is 17.9. The molecule has 1 aliphatic heterocycles. The van der Waals surface area contributed by atoms with Crippen LogP contribution in [0.15, 0.2) is 73.3 Å². The molecule has 3 heterocycles. The highest BCUT2D eigenvalue weighted by atomic mass is 16.2. The van der Waals surface area contributed by atoms with Crippen LogP contribution in [0.1, 0.15) is 11.1 Å². The van der Waals surface area contributed by atoms with E-state index < -0.39 is 0 Å². The largest absolute Gasteiger partial charge is 0.344 e. The average Bonchev–Trinajstić information content (AvgIpc) is 2.89. The van der Waals surface area contributed by atoms with E-state index in [2.05, 4.69) is 39.1 Å². The molecule has 0 saturated carbocycles. The minimum absolute atomic E-state index is 0.0444. The van der Waals surface area contributed by atoms with Gasteiger partial charge in [-0.1, -0.05) is 24.3 Å². The lowest BCUT2D eigenvalue weighted by Crippen LogP contribution is -2.34. The molecular weight excluding hydrogens is 360 g/mol. The summed E-state index contributed by atoms with van der Waals surface area (Å²) in [5.74, 6) is 0.188. The van der Waals surface area contributed by atoms with Crippen molar-refractivity contribution in [2.24, 2.45) is 5.92 Å². The molecule has 4 rings (SSSR count). The van der Waals surface area contributed by atoms with Gasteiger partial charge in [0.2, 0.25) is 5.91 Å². The van der Waals surface area contributed by atoms with Gasteiger partial charge in [-0.3, -0.25) is 19.7 Å². The number of aromatic nitrogens is 2. The van der Waals surface area contributed by atoms with E-state index in [1.54, 1.807) is 0 Å². The Hall–Kier alpha value is -3.05. The Kier molecular flexibility index (Phi) is 5.96. The zero-order valence-electron chi connectivity index (χ0n) is 16.7. The summed E-state index contributed by atoms with van der Waals surface area (Å²) in [6.45, 7) is 3.26. The minimum atomic E-state index is -0.0444. The maximum Gasteiger partial charge on any atom is 0.227 e. The van der Waals surface area contributed by atoms with Gasteiger partial charge in [0, 0.05) is 58.0 Å². The third-order valence-corrected chi connectivity index (χ3v) is 5.53. The number of rotatable bonds is 5. The molecule has 1 amide bonds. The minimum Gasteiger partial charge on any atom is -0.344 e. The lowest BCUT2D eigenvalue weighted by Gasteiger charge is -2.23. The van der Waals surface area contributed by atoms with Crippen molar-refractivity contribution in [1.29, 1.82) is 0 Å². The molecule has 1 atom stereocenters. The topological polar surface area (TPSA) is 49.3 Å².